The van der Waals surface area contributed by atoms with Gasteiger partial charge in [0.05, 0.1) is 18.1 Å². The molecule has 0 amide bonds. The number of esters is 1. The molecular formula is C34H46O4Si. The van der Waals surface area contributed by atoms with Gasteiger partial charge in [0.15, 0.2) is 0 Å². The summed E-state index contributed by atoms with van der Waals surface area (Å²) in [5, 5.41) is 2.42. The average Bonchev–Trinajstić information content (AvgIpc) is 3.21. The topological polar surface area (TPSA) is 44.8 Å². The molecule has 2 aromatic carbocycles. The first-order valence-electron chi connectivity index (χ1n) is 14.9. The summed E-state index contributed by atoms with van der Waals surface area (Å²) in [5.74, 6) is 1.24. The molecule has 0 spiro atoms. The third-order valence-corrected chi connectivity index (χ3v) is 14.4. The van der Waals surface area contributed by atoms with Crippen LogP contribution in [0.1, 0.15) is 67.2 Å². The molecule has 39 heavy (non-hydrogen) atoms. The number of carbonyl (C=O) groups is 1. The van der Waals surface area contributed by atoms with Gasteiger partial charge in [-0.2, -0.15) is 0 Å². The van der Waals surface area contributed by atoms with Gasteiger partial charge in [-0.25, -0.2) is 0 Å². The van der Waals surface area contributed by atoms with Gasteiger partial charge in [-0.1, -0.05) is 121 Å². The van der Waals surface area contributed by atoms with Crippen molar-refractivity contribution in [1.82, 2.24) is 0 Å². The number of hydrogen-bond acceptors (Lipinski definition) is 4. The quantitative estimate of drug-likeness (QED) is 0.226. The second-order valence-corrected chi connectivity index (χ2v) is 17.7. The molecule has 4 nitrogen and oxygen atoms in total. The Morgan fingerprint density at radius 3 is 2.08 bits per heavy atom. The molecule has 7 atom stereocenters. The van der Waals surface area contributed by atoms with Crippen LogP contribution in [0, 0.1) is 29.6 Å². The zero-order valence-electron chi connectivity index (χ0n) is 24.5. The predicted octanol–water partition coefficient (Wildman–Crippen LogP) is 6.48. The molecule has 0 aromatic heterocycles. The lowest BCUT2D eigenvalue weighted by Gasteiger charge is -2.46. The summed E-state index contributed by atoms with van der Waals surface area (Å²) < 4.78 is 20.1. The molecule has 1 heterocycles. The fourth-order valence-electron chi connectivity index (χ4n) is 7.27. The molecule has 1 saturated carbocycles. The highest BCUT2D eigenvalue weighted by molar-refractivity contribution is 6.99. The molecule has 1 aliphatic heterocycles. The van der Waals surface area contributed by atoms with Crippen molar-refractivity contribution >= 4 is 24.7 Å². The number of cyclic esters (lactones) is 1. The van der Waals surface area contributed by atoms with E-state index >= 15 is 0 Å². The third kappa shape index (κ3) is 5.55. The Kier molecular flexibility index (Phi) is 8.24. The van der Waals surface area contributed by atoms with Gasteiger partial charge in [0.1, 0.15) is 0 Å². The molecule has 1 saturated heterocycles. The van der Waals surface area contributed by atoms with Gasteiger partial charge in [0.25, 0.3) is 8.32 Å². The largest absolute Gasteiger partial charge is 0.435 e. The Morgan fingerprint density at radius 2 is 1.51 bits per heavy atom. The smallest absolute Gasteiger partial charge is 0.315 e. The molecule has 0 bridgehead atoms. The van der Waals surface area contributed by atoms with Crippen LogP contribution in [-0.4, -0.2) is 32.8 Å². The van der Waals surface area contributed by atoms with Crippen molar-refractivity contribution in [2.24, 2.45) is 29.6 Å². The minimum atomic E-state index is -2.71. The average molecular weight is 547 g/mol. The molecule has 2 fully saturated rings. The highest BCUT2D eigenvalue weighted by atomic mass is 28.4. The van der Waals surface area contributed by atoms with E-state index in [1.165, 1.54) is 23.2 Å². The van der Waals surface area contributed by atoms with E-state index in [0.717, 1.165) is 12.8 Å². The fourth-order valence-corrected chi connectivity index (χ4v) is 11.9. The standard InChI is InChI=1S/C34H46O4Si/c1-23(2)28-19-17-24(3)21-31(28)36-33-30-22-25(18-20-29(30)32(35)37-33)38-39(34(4,5)6,26-13-9-7-10-14-26)27-15-11-8-12-16-27/h7-16,18,20,23-25,28-31,33H,17,19,21-22H2,1-6H3/t24-,25-,28+,29+,30-,31-,33-/m0/s1. The van der Waals surface area contributed by atoms with E-state index in [1.807, 2.05) is 6.08 Å². The minimum absolute atomic E-state index is 0.0317. The van der Waals surface area contributed by atoms with Gasteiger partial charge in [-0.05, 0) is 52.4 Å². The molecule has 2 aliphatic carbocycles. The Balaban J connectivity index is 1.44. The van der Waals surface area contributed by atoms with Crippen molar-refractivity contribution in [3.05, 3.63) is 72.8 Å². The lowest BCUT2D eigenvalue weighted by molar-refractivity contribution is -0.197. The second kappa shape index (κ2) is 11.3. The summed E-state index contributed by atoms with van der Waals surface area (Å²) in [6, 6.07) is 21.5. The van der Waals surface area contributed by atoms with Gasteiger partial charge in [-0.15, -0.1) is 0 Å². The van der Waals surface area contributed by atoms with Crippen molar-refractivity contribution in [3.63, 3.8) is 0 Å². The number of rotatable bonds is 7. The number of carbonyl (C=O) groups excluding carboxylic acids is 1. The molecule has 0 unspecified atom stereocenters. The maximum absolute atomic E-state index is 12.9. The summed E-state index contributed by atoms with van der Waals surface area (Å²) in [6.45, 7) is 13.8. The second-order valence-electron chi connectivity index (χ2n) is 13.4. The van der Waals surface area contributed by atoms with E-state index in [0.29, 0.717) is 17.8 Å². The van der Waals surface area contributed by atoms with Crippen molar-refractivity contribution in [2.45, 2.75) is 90.8 Å². The Hall–Kier alpha value is -2.21. The number of benzene rings is 2. The molecule has 2 aromatic rings. The molecule has 5 rings (SSSR count). The Bertz CT molecular complexity index is 1100. The van der Waals surface area contributed by atoms with E-state index in [2.05, 4.69) is 108 Å². The molecular weight excluding hydrogens is 500 g/mol. The van der Waals surface area contributed by atoms with Crippen LogP contribution in [0.3, 0.4) is 0 Å². The van der Waals surface area contributed by atoms with Crippen molar-refractivity contribution in [1.29, 1.82) is 0 Å². The van der Waals surface area contributed by atoms with E-state index in [9.17, 15) is 4.79 Å². The lowest BCUT2D eigenvalue weighted by Crippen LogP contribution is -2.67. The SMILES string of the molecule is CC(C)[C@H]1CC[C@H](C)C[C@@H]1O[C@H]1OC(=O)[C@@H]2C=C[C@H](O[Si](c3ccccc3)(c3ccccc3)C(C)(C)C)C[C@H]12. The van der Waals surface area contributed by atoms with Crippen molar-refractivity contribution in [3.8, 4) is 0 Å². The van der Waals surface area contributed by atoms with Gasteiger partial charge < -0.3 is 13.9 Å². The van der Waals surface area contributed by atoms with E-state index in [1.54, 1.807) is 0 Å². The number of hydrogen-bond donors (Lipinski definition) is 0. The van der Waals surface area contributed by atoms with Crippen LogP contribution in [0.4, 0.5) is 0 Å². The summed E-state index contributed by atoms with van der Waals surface area (Å²) in [5.41, 5.74) is 0. The fraction of sp³-hybridized carbons (Fsp3) is 0.559. The number of ether oxygens (including phenoxy) is 2. The molecule has 0 N–H and O–H groups in total. The highest BCUT2D eigenvalue weighted by Gasteiger charge is 2.54. The first-order chi connectivity index (χ1) is 18.6. The van der Waals surface area contributed by atoms with Crippen LogP contribution in [0.25, 0.3) is 0 Å². The number of fused-ring (bicyclic) bond motifs is 1. The lowest BCUT2D eigenvalue weighted by atomic mass is 9.75. The monoisotopic (exact) mass is 546 g/mol. The maximum atomic E-state index is 12.9. The molecule has 3 aliphatic rings. The molecule has 210 valence electrons. The van der Waals surface area contributed by atoms with Crippen LogP contribution >= 0.6 is 0 Å². The first-order valence-corrected chi connectivity index (χ1v) is 16.8. The summed E-state index contributed by atoms with van der Waals surface area (Å²) in [4.78, 5) is 12.9. The summed E-state index contributed by atoms with van der Waals surface area (Å²) >= 11 is 0. The van der Waals surface area contributed by atoms with Crippen LogP contribution in [0.2, 0.25) is 5.04 Å². The minimum Gasteiger partial charge on any atom is -0.435 e. The highest BCUT2D eigenvalue weighted by Crippen LogP contribution is 2.44. The van der Waals surface area contributed by atoms with Gasteiger partial charge >= 0.3 is 5.97 Å². The van der Waals surface area contributed by atoms with E-state index < -0.39 is 14.6 Å². The first kappa shape index (κ1) is 28.3. The Morgan fingerprint density at radius 1 is 0.897 bits per heavy atom. The van der Waals surface area contributed by atoms with Crippen LogP contribution in [0.15, 0.2) is 72.8 Å². The third-order valence-electron chi connectivity index (χ3n) is 9.37. The van der Waals surface area contributed by atoms with Gasteiger partial charge in [0.2, 0.25) is 6.29 Å². The van der Waals surface area contributed by atoms with Crippen LogP contribution < -0.4 is 10.4 Å². The van der Waals surface area contributed by atoms with Gasteiger partial charge in [0, 0.05) is 5.92 Å². The maximum Gasteiger partial charge on any atom is 0.315 e. The van der Waals surface area contributed by atoms with E-state index in [4.69, 9.17) is 13.9 Å². The summed E-state index contributed by atoms with van der Waals surface area (Å²) in [6.07, 6.45) is 7.83. The van der Waals surface area contributed by atoms with Gasteiger partial charge in [-0.3, -0.25) is 4.79 Å². The summed E-state index contributed by atoms with van der Waals surface area (Å²) in [7, 11) is -2.71. The normalized spacial score (nSPS) is 31.3. The van der Waals surface area contributed by atoms with Crippen LogP contribution in [0.5, 0.6) is 0 Å². The Labute approximate surface area is 236 Å². The van der Waals surface area contributed by atoms with Crippen molar-refractivity contribution in [2.75, 3.05) is 0 Å². The predicted molar refractivity (Wildman–Crippen MR) is 159 cm³/mol. The molecule has 5 heteroatoms. The zero-order chi connectivity index (χ0) is 27.8. The zero-order valence-corrected chi connectivity index (χ0v) is 25.5. The van der Waals surface area contributed by atoms with Crippen molar-refractivity contribution < 1.29 is 18.7 Å². The van der Waals surface area contributed by atoms with Crippen LogP contribution in [-0.2, 0) is 18.7 Å². The molecule has 0 radical (unpaired) electrons. The van der Waals surface area contributed by atoms with E-state index in [-0.39, 0.29) is 35.1 Å².